The smallest absolute Gasteiger partial charge is 0.352 e. The Bertz CT molecular complexity index is 734. The van der Waals surface area contributed by atoms with E-state index in [9.17, 15) is 19.5 Å². The number of fused-ring (bicyclic) bond motifs is 1. The molecule has 0 aromatic heterocycles. The molecule has 132 valence electrons. The van der Waals surface area contributed by atoms with Crippen molar-refractivity contribution in [2.75, 3.05) is 19.5 Å². The van der Waals surface area contributed by atoms with Gasteiger partial charge >= 0.3 is 5.97 Å². The number of nitrogens with one attached hydrogen (secondary N) is 1. The van der Waals surface area contributed by atoms with Crippen LogP contribution in [0.1, 0.15) is 5.56 Å². The topological polar surface area (TPSA) is 95.9 Å². The minimum Gasteiger partial charge on any atom is -0.477 e. The molecule has 2 heterocycles. The van der Waals surface area contributed by atoms with Gasteiger partial charge in [0.1, 0.15) is 17.1 Å². The highest BCUT2D eigenvalue weighted by atomic mass is 32.2. The number of hydrogen-bond donors (Lipinski definition) is 2. The Morgan fingerprint density at radius 3 is 2.72 bits per heavy atom. The summed E-state index contributed by atoms with van der Waals surface area (Å²) in [6.45, 7) is 0.163. The molecule has 8 heteroatoms. The first-order valence-corrected chi connectivity index (χ1v) is 8.80. The SMILES string of the molecule is COCC1=C(C(=O)O)N2C(=O)[C@@H](NC(=O)Cc3ccccc3)C2SC1. The molecule has 1 fully saturated rings. The number of thioether (sulfide) groups is 1. The van der Waals surface area contributed by atoms with Gasteiger partial charge in [0.25, 0.3) is 5.91 Å². The van der Waals surface area contributed by atoms with E-state index in [1.54, 1.807) is 0 Å². The molecule has 2 amide bonds. The van der Waals surface area contributed by atoms with Gasteiger partial charge in [0.2, 0.25) is 5.91 Å². The minimum atomic E-state index is -1.15. The fraction of sp³-hybridized carbons (Fsp3) is 0.353. The molecular formula is C17H18N2O5S. The zero-order valence-corrected chi connectivity index (χ0v) is 14.4. The molecule has 0 aliphatic carbocycles. The van der Waals surface area contributed by atoms with E-state index >= 15 is 0 Å². The van der Waals surface area contributed by atoms with E-state index < -0.39 is 17.9 Å². The van der Waals surface area contributed by atoms with Gasteiger partial charge in [-0.15, -0.1) is 11.8 Å². The van der Waals surface area contributed by atoms with Gasteiger partial charge in [0.15, 0.2) is 0 Å². The summed E-state index contributed by atoms with van der Waals surface area (Å²) in [5, 5.41) is 11.8. The molecule has 0 bridgehead atoms. The van der Waals surface area contributed by atoms with Gasteiger partial charge < -0.3 is 15.2 Å². The third-order valence-electron chi connectivity index (χ3n) is 4.09. The van der Waals surface area contributed by atoms with Crippen molar-refractivity contribution in [2.24, 2.45) is 0 Å². The minimum absolute atomic E-state index is 0.0239. The molecule has 1 unspecified atom stereocenters. The number of hydrogen-bond acceptors (Lipinski definition) is 5. The van der Waals surface area contributed by atoms with Crippen molar-refractivity contribution in [1.82, 2.24) is 10.2 Å². The van der Waals surface area contributed by atoms with E-state index in [-0.39, 0.29) is 30.0 Å². The van der Waals surface area contributed by atoms with Crippen molar-refractivity contribution in [3.8, 4) is 0 Å². The van der Waals surface area contributed by atoms with E-state index in [1.807, 2.05) is 30.3 Å². The number of aliphatic carboxylic acids is 1. The first-order valence-electron chi connectivity index (χ1n) is 7.75. The van der Waals surface area contributed by atoms with Crippen LogP contribution in [0.3, 0.4) is 0 Å². The molecule has 3 rings (SSSR count). The monoisotopic (exact) mass is 362 g/mol. The standard InChI is InChI=1S/C17H18N2O5S/c1-24-8-11-9-25-16-13(15(21)19(16)14(11)17(22)23)18-12(20)7-10-5-3-2-4-6-10/h2-6,13,16H,7-9H2,1H3,(H,18,20)(H,22,23)/t13-,16?/m1/s1. The van der Waals surface area contributed by atoms with Crippen molar-refractivity contribution in [3.05, 3.63) is 47.2 Å². The summed E-state index contributed by atoms with van der Waals surface area (Å²) in [7, 11) is 1.48. The zero-order valence-electron chi connectivity index (χ0n) is 13.6. The molecule has 2 aliphatic rings. The van der Waals surface area contributed by atoms with Crippen molar-refractivity contribution >= 4 is 29.5 Å². The van der Waals surface area contributed by atoms with Gasteiger partial charge in [0.05, 0.1) is 13.0 Å². The number of carboxylic acid groups (broad SMARTS) is 1. The molecule has 7 nitrogen and oxygen atoms in total. The summed E-state index contributed by atoms with van der Waals surface area (Å²) in [4.78, 5) is 37.4. The molecule has 0 spiro atoms. The number of amides is 2. The van der Waals surface area contributed by atoms with E-state index in [0.29, 0.717) is 11.3 Å². The molecule has 2 atom stereocenters. The van der Waals surface area contributed by atoms with Crippen LogP contribution in [0.25, 0.3) is 0 Å². The lowest BCUT2D eigenvalue weighted by Crippen LogP contribution is -2.70. The third kappa shape index (κ3) is 3.40. The highest BCUT2D eigenvalue weighted by molar-refractivity contribution is 8.00. The summed E-state index contributed by atoms with van der Waals surface area (Å²) in [6.07, 6.45) is 0.179. The molecule has 1 saturated heterocycles. The van der Waals surface area contributed by atoms with Crippen LogP contribution in [0.15, 0.2) is 41.6 Å². The van der Waals surface area contributed by atoms with E-state index in [0.717, 1.165) is 5.56 Å². The quantitative estimate of drug-likeness (QED) is 0.720. The van der Waals surface area contributed by atoms with Gasteiger partial charge in [-0.3, -0.25) is 14.5 Å². The number of rotatable bonds is 6. The van der Waals surface area contributed by atoms with Gasteiger partial charge in [-0.05, 0) is 11.1 Å². The molecule has 1 aromatic carbocycles. The Labute approximate surface area is 149 Å². The van der Waals surface area contributed by atoms with Crippen LogP contribution in [0.4, 0.5) is 0 Å². The Morgan fingerprint density at radius 2 is 2.08 bits per heavy atom. The van der Waals surface area contributed by atoms with Gasteiger partial charge in [-0.2, -0.15) is 0 Å². The lowest BCUT2D eigenvalue weighted by molar-refractivity contribution is -0.150. The van der Waals surface area contributed by atoms with Crippen LogP contribution in [-0.4, -0.2) is 58.7 Å². The lowest BCUT2D eigenvalue weighted by Gasteiger charge is -2.49. The second-order valence-electron chi connectivity index (χ2n) is 5.81. The van der Waals surface area contributed by atoms with E-state index in [1.165, 1.54) is 23.8 Å². The van der Waals surface area contributed by atoms with Crippen molar-refractivity contribution in [2.45, 2.75) is 17.8 Å². The van der Waals surface area contributed by atoms with Gasteiger partial charge in [0, 0.05) is 12.9 Å². The Balaban J connectivity index is 1.69. The zero-order chi connectivity index (χ0) is 18.0. The normalized spacial score (nSPS) is 22.3. The molecule has 25 heavy (non-hydrogen) atoms. The lowest BCUT2D eigenvalue weighted by atomic mass is 10.0. The van der Waals surface area contributed by atoms with E-state index in [4.69, 9.17) is 4.74 Å². The number of methoxy groups -OCH3 is 1. The van der Waals surface area contributed by atoms with Crippen LogP contribution in [0.5, 0.6) is 0 Å². The predicted octanol–water partition coefficient (Wildman–Crippen LogP) is 0.614. The average molecular weight is 362 g/mol. The van der Waals surface area contributed by atoms with Crippen LogP contribution in [0, 0.1) is 0 Å². The van der Waals surface area contributed by atoms with Gasteiger partial charge in [-0.25, -0.2) is 4.79 Å². The first kappa shape index (κ1) is 17.5. The van der Waals surface area contributed by atoms with Crippen molar-refractivity contribution in [3.63, 3.8) is 0 Å². The Kier molecular flexibility index (Phi) is 5.10. The third-order valence-corrected chi connectivity index (χ3v) is 5.43. The van der Waals surface area contributed by atoms with Crippen LogP contribution >= 0.6 is 11.8 Å². The predicted molar refractivity (Wildman–Crippen MR) is 91.7 cm³/mol. The number of benzene rings is 1. The largest absolute Gasteiger partial charge is 0.477 e. The van der Waals surface area contributed by atoms with E-state index in [2.05, 4.69) is 5.32 Å². The highest BCUT2D eigenvalue weighted by Gasteiger charge is 2.54. The fourth-order valence-electron chi connectivity index (χ4n) is 2.97. The molecule has 2 N–H and O–H groups in total. The number of carboxylic acids is 1. The maximum absolute atomic E-state index is 12.4. The summed E-state index contributed by atoms with van der Waals surface area (Å²) >= 11 is 1.43. The first-order chi connectivity index (χ1) is 12.0. The van der Waals surface area contributed by atoms with Crippen molar-refractivity contribution < 1.29 is 24.2 Å². The number of carbonyl (C=O) groups excluding carboxylic acids is 2. The Hall–Kier alpha value is -2.32. The number of β-lactam (4-membered cyclic amide) rings is 1. The molecule has 1 aromatic rings. The number of ether oxygens (including phenoxy) is 1. The van der Waals surface area contributed by atoms with Crippen molar-refractivity contribution in [1.29, 1.82) is 0 Å². The maximum atomic E-state index is 12.4. The van der Waals surface area contributed by atoms with Crippen LogP contribution in [-0.2, 0) is 25.5 Å². The fourth-order valence-corrected chi connectivity index (χ4v) is 4.30. The highest BCUT2D eigenvalue weighted by Crippen LogP contribution is 2.40. The second kappa shape index (κ2) is 7.28. The summed E-state index contributed by atoms with van der Waals surface area (Å²) in [5.74, 6) is -1.35. The molecule has 0 radical (unpaired) electrons. The van der Waals surface area contributed by atoms with Gasteiger partial charge in [-0.1, -0.05) is 30.3 Å². The summed E-state index contributed by atoms with van der Waals surface area (Å²) in [5.41, 5.74) is 1.40. The molecule has 2 aliphatic heterocycles. The summed E-state index contributed by atoms with van der Waals surface area (Å²) in [6, 6.07) is 8.54. The maximum Gasteiger partial charge on any atom is 0.352 e. The van der Waals surface area contributed by atoms with Crippen LogP contribution in [0.2, 0.25) is 0 Å². The second-order valence-corrected chi connectivity index (χ2v) is 6.91. The molecule has 0 saturated carbocycles. The number of nitrogens with zero attached hydrogens (tertiary/aromatic N) is 1. The Morgan fingerprint density at radius 1 is 1.36 bits per heavy atom. The number of carbonyl (C=O) groups is 3. The van der Waals surface area contributed by atoms with Crippen LogP contribution < -0.4 is 5.32 Å². The average Bonchev–Trinajstić information content (AvgIpc) is 2.60. The summed E-state index contributed by atoms with van der Waals surface area (Å²) < 4.78 is 5.02. The molecular weight excluding hydrogens is 344 g/mol.